The zero-order valence-electron chi connectivity index (χ0n) is 23.5. The van der Waals surface area contributed by atoms with Crippen LogP contribution in [0.5, 0.6) is 0 Å². The highest BCUT2D eigenvalue weighted by Gasteiger charge is 2.45. The molecule has 3 aromatic heterocycles. The zero-order chi connectivity index (χ0) is 29.3. The summed E-state index contributed by atoms with van der Waals surface area (Å²) in [6.07, 6.45) is 1.21. The summed E-state index contributed by atoms with van der Waals surface area (Å²) in [4.78, 5) is 53.3. The molecule has 0 radical (unpaired) electrons. The van der Waals surface area contributed by atoms with Crippen molar-refractivity contribution in [3.8, 4) is 5.69 Å². The number of nitrogens with zero attached hydrogens (tertiary/aromatic N) is 5. The first kappa shape index (κ1) is 28.2. The molecule has 0 bridgehead atoms. The van der Waals surface area contributed by atoms with Crippen LogP contribution in [0.3, 0.4) is 0 Å². The van der Waals surface area contributed by atoms with E-state index in [1.165, 1.54) is 4.57 Å². The molecule has 0 aliphatic carbocycles. The SMILES string of the molecule is Cc1ccnc(C(C)C)c1-n1c(=O)c2c(c3cc(Cl)c(Cl)nc31)N1C[C@@H](C)N(C(=O)OC(C)(C)C)C[C@@H]1C(=O)N2. The van der Waals surface area contributed by atoms with E-state index >= 15 is 0 Å². The van der Waals surface area contributed by atoms with Gasteiger partial charge in [-0.3, -0.25) is 19.1 Å². The van der Waals surface area contributed by atoms with E-state index in [-0.39, 0.29) is 40.9 Å². The van der Waals surface area contributed by atoms with Crippen LogP contribution in [-0.2, 0) is 9.53 Å². The second kappa shape index (κ2) is 9.92. The molecular weight excluding hydrogens is 555 g/mol. The Morgan fingerprint density at radius 2 is 1.88 bits per heavy atom. The van der Waals surface area contributed by atoms with Crippen LogP contribution in [0.25, 0.3) is 16.7 Å². The summed E-state index contributed by atoms with van der Waals surface area (Å²) in [5, 5.41) is 3.64. The minimum Gasteiger partial charge on any atom is -0.444 e. The van der Waals surface area contributed by atoms with Crippen molar-refractivity contribution in [3.05, 3.63) is 50.1 Å². The number of pyridine rings is 3. The second-order valence-corrected chi connectivity index (χ2v) is 12.4. The molecule has 0 spiro atoms. The quantitative estimate of drug-likeness (QED) is 0.406. The van der Waals surface area contributed by atoms with Crippen molar-refractivity contribution in [3.63, 3.8) is 0 Å². The molecular formula is C28H32Cl2N6O4. The lowest BCUT2D eigenvalue weighted by Gasteiger charge is -2.48. The number of hydrogen-bond donors (Lipinski definition) is 1. The average Bonchev–Trinajstić information content (AvgIpc) is 2.84. The third-order valence-electron chi connectivity index (χ3n) is 7.16. The maximum atomic E-state index is 14.3. The number of halogens is 2. The Morgan fingerprint density at radius 1 is 1.18 bits per heavy atom. The first-order chi connectivity index (χ1) is 18.7. The van der Waals surface area contributed by atoms with Gasteiger partial charge < -0.3 is 19.9 Å². The lowest BCUT2D eigenvalue weighted by atomic mass is 9.99. The van der Waals surface area contributed by atoms with Crippen LogP contribution in [0.4, 0.5) is 16.2 Å². The summed E-state index contributed by atoms with van der Waals surface area (Å²) in [7, 11) is 0. The first-order valence-corrected chi connectivity index (χ1v) is 13.9. The third kappa shape index (κ3) is 4.66. The van der Waals surface area contributed by atoms with E-state index in [0.29, 0.717) is 28.1 Å². The summed E-state index contributed by atoms with van der Waals surface area (Å²) in [5.41, 5.74) is 1.87. The Hall–Kier alpha value is -3.37. The van der Waals surface area contributed by atoms with Crippen molar-refractivity contribution in [2.75, 3.05) is 23.3 Å². The summed E-state index contributed by atoms with van der Waals surface area (Å²) < 4.78 is 7.06. The molecule has 12 heteroatoms. The fraction of sp³-hybridized carbons (Fsp3) is 0.464. The molecule has 0 saturated carbocycles. The molecule has 0 unspecified atom stereocenters. The number of piperazine rings is 1. The standard InChI is InChI=1S/C28H32Cl2N6O4/c1-13(2)19-21(14(3)8-9-31-19)36-24-16(10-17(29)23(30)33-24)22-20(26(36)38)32-25(37)18-12-34(15(4)11-35(18)22)27(39)40-28(5,6)7/h8-10,13,15,18H,11-12H2,1-7H3,(H,32,37)/t15-,18-/m1/s1. The lowest BCUT2D eigenvalue weighted by molar-refractivity contribution is -0.118. The maximum Gasteiger partial charge on any atom is 0.410 e. The van der Waals surface area contributed by atoms with Crippen molar-refractivity contribution in [1.82, 2.24) is 19.4 Å². The highest BCUT2D eigenvalue weighted by atomic mass is 35.5. The number of anilines is 2. The van der Waals surface area contributed by atoms with Gasteiger partial charge in [0.25, 0.3) is 5.56 Å². The van der Waals surface area contributed by atoms with Crippen LogP contribution in [0.15, 0.2) is 23.1 Å². The fourth-order valence-corrected chi connectivity index (χ4v) is 5.66. The number of fused-ring (bicyclic) bond motifs is 5. The van der Waals surface area contributed by atoms with Gasteiger partial charge in [-0.15, -0.1) is 0 Å². The summed E-state index contributed by atoms with van der Waals surface area (Å²) in [5.74, 6) is -0.396. The Balaban J connectivity index is 1.75. The lowest BCUT2D eigenvalue weighted by Crippen LogP contribution is -2.65. The number of aryl methyl sites for hydroxylation is 1. The van der Waals surface area contributed by atoms with E-state index < -0.39 is 29.2 Å². The molecule has 10 nitrogen and oxygen atoms in total. The molecule has 5 heterocycles. The predicted octanol–water partition coefficient (Wildman–Crippen LogP) is 5.29. The van der Waals surface area contributed by atoms with Gasteiger partial charge in [0.15, 0.2) is 5.65 Å². The van der Waals surface area contributed by atoms with Gasteiger partial charge in [0, 0.05) is 24.2 Å². The van der Waals surface area contributed by atoms with E-state index in [2.05, 4.69) is 15.3 Å². The number of carbonyl (C=O) groups excluding carboxylic acids is 2. The van der Waals surface area contributed by atoms with E-state index in [1.807, 2.05) is 38.7 Å². The number of nitrogens with one attached hydrogen (secondary N) is 1. The van der Waals surface area contributed by atoms with Gasteiger partial charge in [-0.2, -0.15) is 0 Å². The van der Waals surface area contributed by atoms with Crippen LogP contribution >= 0.6 is 23.2 Å². The Kier molecular flexibility index (Phi) is 6.99. The van der Waals surface area contributed by atoms with Crippen LogP contribution in [0.1, 0.15) is 58.7 Å². The highest BCUT2D eigenvalue weighted by Crippen LogP contribution is 2.41. The Morgan fingerprint density at radius 3 is 2.52 bits per heavy atom. The predicted molar refractivity (Wildman–Crippen MR) is 156 cm³/mol. The molecule has 5 rings (SSSR count). The molecule has 2 amide bonds. The van der Waals surface area contributed by atoms with Crippen LogP contribution in [0.2, 0.25) is 10.2 Å². The molecule has 212 valence electrons. The van der Waals surface area contributed by atoms with E-state index in [9.17, 15) is 14.4 Å². The Labute approximate surface area is 242 Å². The minimum atomic E-state index is -0.754. The normalized spacial score (nSPS) is 19.0. The topological polar surface area (TPSA) is 110 Å². The molecule has 2 aliphatic heterocycles. The molecule has 0 aromatic carbocycles. The van der Waals surface area contributed by atoms with Crippen molar-refractivity contribution >= 4 is 57.6 Å². The number of amides is 2. The second-order valence-electron chi connectivity index (χ2n) is 11.7. The van der Waals surface area contributed by atoms with Gasteiger partial charge >= 0.3 is 6.09 Å². The number of ether oxygens (including phenoxy) is 1. The van der Waals surface area contributed by atoms with Gasteiger partial charge in [0.2, 0.25) is 5.91 Å². The maximum absolute atomic E-state index is 14.3. The molecule has 2 aliphatic rings. The van der Waals surface area contributed by atoms with Gasteiger partial charge in [0.1, 0.15) is 22.5 Å². The van der Waals surface area contributed by atoms with Crippen molar-refractivity contribution in [1.29, 1.82) is 0 Å². The number of hydrogen-bond acceptors (Lipinski definition) is 7. The van der Waals surface area contributed by atoms with Gasteiger partial charge in [-0.1, -0.05) is 37.0 Å². The van der Waals surface area contributed by atoms with Crippen molar-refractivity contribution in [2.24, 2.45) is 0 Å². The number of carbonyl (C=O) groups is 2. The van der Waals surface area contributed by atoms with E-state index in [0.717, 1.165) is 5.56 Å². The smallest absolute Gasteiger partial charge is 0.410 e. The number of aromatic nitrogens is 3. The monoisotopic (exact) mass is 586 g/mol. The molecule has 1 N–H and O–H groups in total. The van der Waals surface area contributed by atoms with Crippen molar-refractivity contribution in [2.45, 2.75) is 72.1 Å². The summed E-state index contributed by atoms with van der Waals surface area (Å²) in [6.45, 7) is 13.5. The highest BCUT2D eigenvalue weighted by molar-refractivity contribution is 6.42. The Bertz CT molecular complexity index is 1610. The largest absolute Gasteiger partial charge is 0.444 e. The zero-order valence-corrected chi connectivity index (χ0v) is 25.0. The van der Waals surface area contributed by atoms with E-state index in [4.69, 9.17) is 27.9 Å². The van der Waals surface area contributed by atoms with E-state index in [1.54, 1.807) is 37.9 Å². The van der Waals surface area contributed by atoms with Crippen LogP contribution in [-0.4, -0.2) is 62.2 Å². The van der Waals surface area contributed by atoms with Gasteiger partial charge in [-0.25, -0.2) is 9.78 Å². The van der Waals surface area contributed by atoms with Crippen molar-refractivity contribution < 1.29 is 14.3 Å². The molecule has 2 atom stereocenters. The molecule has 40 heavy (non-hydrogen) atoms. The average molecular weight is 588 g/mol. The molecule has 1 saturated heterocycles. The summed E-state index contributed by atoms with van der Waals surface area (Å²) in [6, 6.07) is 2.42. The molecule has 3 aromatic rings. The van der Waals surface area contributed by atoms with Gasteiger partial charge in [0.05, 0.1) is 28.6 Å². The van der Waals surface area contributed by atoms with Crippen LogP contribution in [0, 0.1) is 6.92 Å². The van der Waals surface area contributed by atoms with Gasteiger partial charge in [-0.05, 0) is 58.2 Å². The summed E-state index contributed by atoms with van der Waals surface area (Å²) >= 11 is 12.9. The first-order valence-electron chi connectivity index (χ1n) is 13.2. The fourth-order valence-electron chi connectivity index (χ4n) is 5.38. The number of rotatable bonds is 2. The minimum absolute atomic E-state index is 0.00333. The molecule has 1 fully saturated rings. The third-order valence-corrected chi connectivity index (χ3v) is 7.84. The van der Waals surface area contributed by atoms with Crippen LogP contribution < -0.4 is 15.8 Å².